The number of benzene rings is 1. The van der Waals surface area contributed by atoms with Crippen molar-refractivity contribution in [3.63, 3.8) is 0 Å². The molecule has 0 aliphatic rings. The molecule has 1 rings (SSSR count). The van der Waals surface area contributed by atoms with Crippen LogP contribution >= 0.6 is 12.4 Å². The van der Waals surface area contributed by atoms with Crippen molar-refractivity contribution in [2.75, 3.05) is 19.6 Å². The lowest BCUT2D eigenvalue weighted by Crippen LogP contribution is -2.32. The van der Waals surface area contributed by atoms with Crippen molar-refractivity contribution >= 4 is 18.3 Å². The highest BCUT2D eigenvalue weighted by Gasteiger charge is 2.10. The summed E-state index contributed by atoms with van der Waals surface area (Å²) in [4.78, 5) is 11.6. The zero-order chi connectivity index (χ0) is 12.7. The quantitative estimate of drug-likeness (QED) is 0.782. The molecule has 5 heteroatoms. The minimum Gasteiger partial charge on any atom is -0.351 e. The highest BCUT2D eigenvalue weighted by Crippen LogP contribution is 2.09. The summed E-state index contributed by atoms with van der Waals surface area (Å²) in [6.07, 6.45) is 1.06. The van der Waals surface area contributed by atoms with Gasteiger partial charge in [0.15, 0.2) is 0 Å². The van der Waals surface area contributed by atoms with Crippen LogP contribution in [-0.2, 0) is 0 Å². The number of hydrogen-bond donors (Lipinski definition) is 2. The fourth-order valence-corrected chi connectivity index (χ4v) is 1.47. The Labute approximate surface area is 114 Å². The van der Waals surface area contributed by atoms with Gasteiger partial charge in [0, 0.05) is 13.1 Å². The molecule has 0 heterocycles. The summed E-state index contributed by atoms with van der Waals surface area (Å²) in [5, 5.41) is 5.83. The first kappa shape index (κ1) is 16.9. The van der Waals surface area contributed by atoms with E-state index in [2.05, 4.69) is 17.6 Å². The van der Waals surface area contributed by atoms with Gasteiger partial charge < -0.3 is 10.6 Å². The standard InChI is InChI=1S/C13H19FN2O.ClH/c1-3-6-15-7-8-16-13(17)11-5-4-10(2)9-12(11)14;/h4-5,9,15H,3,6-8H2,1-2H3,(H,16,17);1H. The van der Waals surface area contributed by atoms with E-state index in [-0.39, 0.29) is 23.9 Å². The molecule has 1 amide bonds. The largest absolute Gasteiger partial charge is 0.351 e. The van der Waals surface area contributed by atoms with Crippen LogP contribution in [0.5, 0.6) is 0 Å². The van der Waals surface area contributed by atoms with Crippen molar-refractivity contribution in [1.29, 1.82) is 0 Å². The molecule has 0 bridgehead atoms. The van der Waals surface area contributed by atoms with Gasteiger partial charge in [-0.15, -0.1) is 12.4 Å². The van der Waals surface area contributed by atoms with Gasteiger partial charge in [-0.1, -0.05) is 13.0 Å². The smallest absolute Gasteiger partial charge is 0.254 e. The maximum Gasteiger partial charge on any atom is 0.254 e. The Morgan fingerprint density at radius 2 is 2.00 bits per heavy atom. The molecular formula is C13H20ClFN2O. The second kappa shape index (κ2) is 8.89. The van der Waals surface area contributed by atoms with Crippen molar-refractivity contribution in [3.8, 4) is 0 Å². The van der Waals surface area contributed by atoms with E-state index in [1.54, 1.807) is 13.0 Å². The minimum atomic E-state index is -0.469. The Morgan fingerprint density at radius 3 is 2.61 bits per heavy atom. The predicted octanol–water partition coefficient (Wildman–Crippen LogP) is 2.29. The van der Waals surface area contributed by atoms with E-state index < -0.39 is 5.82 Å². The third-order valence-electron chi connectivity index (χ3n) is 2.38. The molecule has 0 aliphatic heterocycles. The highest BCUT2D eigenvalue weighted by molar-refractivity contribution is 5.94. The predicted molar refractivity (Wildman–Crippen MR) is 73.9 cm³/mol. The normalized spacial score (nSPS) is 9.72. The van der Waals surface area contributed by atoms with Crippen molar-refractivity contribution in [3.05, 3.63) is 35.1 Å². The lowest BCUT2D eigenvalue weighted by Gasteiger charge is -2.07. The zero-order valence-corrected chi connectivity index (χ0v) is 11.6. The van der Waals surface area contributed by atoms with E-state index in [4.69, 9.17) is 0 Å². The number of rotatable bonds is 6. The molecule has 0 atom stereocenters. The molecule has 102 valence electrons. The van der Waals surface area contributed by atoms with E-state index in [9.17, 15) is 9.18 Å². The van der Waals surface area contributed by atoms with Crippen molar-refractivity contribution < 1.29 is 9.18 Å². The molecule has 0 spiro atoms. The van der Waals surface area contributed by atoms with Crippen LogP contribution < -0.4 is 10.6 Å². The Bertz CT molecular complexity index is 385. The van der Waals surface area contributed by atoms with E-state index in [1.165, 1.54) is 12.1 Å². The summed E-state index contributed by atoms with van der Waals surface area (Å²) in [5.41, 5.74) is 0.912. The number of nitrogens with one attached hydrogen (secondary N) is 2. The van der Waals surface area contributed by atoms with Gasteiger partial charge in [0.2, 0.25) is 0 Å². The summed E-state index contributed by atoms with van der Waals surface area (Å²) < 4.78 is 13.5. The topological polar surface area (TPSA) is 41.1 Å². The first-order valence-electron chi connectivity index (χ1n) is 5.90. The summed E-state index contributed by atoms with van der Waals surface area (Å²) in [6, 6.07) is 4.61. The van der Waals surface area contributed by atoms with Crippen LogP contribution in [0, 0.1) is 12.7 Å². The fraction of sp³-hybridized carbons (Fsp3) is 0.462. The van der Waals surface area contributed by atoms with Gasteiger partial charge in [0.1, 0.15) is 5.82 Å². The van der Waals surface area contributed by atoms with Gasteiger partial charge in [-0.2, -0.15) is 0 Å². The maximum absolute atomic E-state index is 13.5. The molecule has 0 aliphatic carbocycles. The molecule has 0 fully saturated rings. The summed E-state index contributed by atoms with van der Waals surface area (Å²) in [6.45, 7) is 6.00. The fourth-order valence-electron chi connectivity index (χ4n) is 1.47. The zero-order valence-electron chi connectivity index (χ0n) is 10.8. The van der Waals surface area contributed by atoms with Crippen LogP contribution in [0.2, 0.25) is 0 Å². The van der Waals surface area contributed by atoms with E-state index in [0.717, 1.165) is 18.5 Å². The molecule has 2 N–H and O–H groups in total. The number of amides is 1. The highest BCUT2D eigenvalue weighted by atomic mass is 35.5. The number of aryl methyl sites for hydroxylation is 1. The molecule has 3 nitrogen and oxygen atoms in total. The maximum atomic E-state index is 13.5. The third-order valence-corrected chi connectivity index (χ3v) is 2.38. The van der Waals surface area contributed by atoms with Gasteiger partial charge >= 0.3 is 0 Å². The van der Waals surface area contributed by atoms with Crippen LogP contribution in [0.25, 0.3) is 0 Å². The second-order valence-corrected chi connectivity index (χ2v) is 3.99. The summed E-state index contributed by atoms with van der Waals surface area (Å²) in [5.74, 6) is -0.829. The van der Waals surface area contributed by atoms with Gasteiger partial charge in [-0.3, -0.25) is 4.79 Å². The molecule has 0 unspecified atom stereocenters. The van der Waals surface area contributed by atoms with Crippen LogP contribution in [0.1, 0.15) is 29.3 Å². The van der Waals surface area contributed by atoms with Crippen molar-refractivity contribution in [2.45, 2.75) is 20.3 Å². The number of carbonyl (C=O) groups excluding carboxylic acids is 1. The van der Waals surface area contributed by atoms with Crippen LogP contribution in [0.15, 0.2) is 18.2 Å². The average Bonchev–Trinajstić information content (AvgIpc) is 2.28. The summed E-state index contributed by atoms with van der Waals surface area (Å²) >= 11 is 0. The lowest BCUT2D eigenvalue weighted by atomic mass is 10.1. The van der Waals surface area contributed by atoms with Gasteiger partial charge in [-0.05, 0) is 37.6 Å². The molecule has 0 saturated carbocycles. The van der Waals surface area contributed by atoms with Gasteiger partial charge in [-0.25, -0.2) is 4.39 Å². The molecule has 1 aromatic rings. The molecule has 0 aromatic heterocycles. The van der Waals surface area contributed by atoms with Crippen molar-refractivity contribution in [2.24, 2.45) is 0 Å². The third kappa shape index (κ3) is 5.47. The minimum absolute atomic E-state index is 0. The van der Waals surface area contributed by atoms with E-state index in [0.29, 0.717) is 13.1 Å². The van der Waals surface area contributed by atoms with E-state index >= 15 is 0 Å². The molecule has 0 radical (unpaired) electrons. The van der Waals surface area contributed by atoms with Crippen molar-refractivity contribution in [1.82, 2.24) is 10.6 Å². The number of halogens is 2. The van der Waals surface area contributed by atoms with Gasteiger partial charge in [0.25, 0.3) is 5.91 Å². The summed E-state index contributed by atoms with van der Waals surface area (Å²) in [7, 11) is 0. The molecule has 1 aromatic carbocycles. The second-order valence-electron chi connectivity index (χ2n) is 3.99. The Morgan fingerprint density at radius 1 is 1.28 bits per heavy atom. The Hall–Kier alpha value is -1.13. The van der Waals surface area contributed by atoms with Gasteiger partial charge in [0.05, 0.1) is 5.56 Å². The Balaban J connectivity index is 0.00000289. The number of hydrogen-bond acceptors (Lipinski definition) is 2. The molecule has 18 heavy (non-hydrogen) atoms. The van der Waals surface area contributed by atoms with E-state index in [1.807, 2.05) is 0 Å². The first-order chi connectivity index (χ1) is 8.15. The van der Waals surface area contributed by atoms with Crippen LogP contribution in [0.4, 0.5) is 4.39 Å². The average molecular weight is 275 g/mol. The molecule has 0 saturated heterocycles. The lowest BCUT2D eigenvalue weighted by molar-refractivity contribution is 0.0950. The van der Waals surface area contributed by atoms with Crippen LogP contribution in [0.3, 0.4) is 0 Å². The number of carbonyl (C=O) groups is 1. The van der Waals surface area contributed by atoms with Crippen LogP contribution in [-0.4, -0.2) is 25.5 Å². The first-order valence-corrected chi connectivity index (χ1v) is 5.90. The monoisotopic (exact) mass is 274 g/mol. The molecular weight excluding hydrogens is 255 g/mol. The Kier molecular flexibility index (Phi) is 8.33. The SMILES string of the molecule is CCCNCCNC(=O)c1ccc(C)cc1F.Cl.